The van der Waals surface area contributed by atoms with Crippen LogP contribution >= 0.6 is 0 Å². The second kappa shape index (κ2) is 6.46. The van der Waals surface area contributed by atoms with Gasteiger partial charge in [0.15, 0.2) is 0 Å². The summed E-state index contributed by atoms with van der Waals surface area (Å²) in [5.41, 5.74) is 0. The van der Waals surface area contributed by atoms with Crippen molar-refractivity contribution in [3.63, 3.8) is 0 Å². The molecule has 3 fully saturated rings. The van der Waals surface area contributed by atoms with Gasteiger partial charge in [0.1, 0.15) is 0 Å². The molecule has 1 saturated heterocycles. The Morgan fingerprint density at radius 1 is 0.950 bits per heavy atom. The Hall–Kier alpha value is -0.570. The van der Waals surface area contributed by atoms with Gasteiger partial charge in [0.2, 0.25) is 5.91 Å². The number of piperidine rings is 1. The molecule has 0 spiro atoms. The molecule has 2 aliphatic carbocycles. The molecule has 1 amide bonds. The van der Waals surface area contributed by atoms with Gasteiger partial charge < -0.3 is 10.0 Å². The highest BCUT2D eigenvalue weighted by molar-refractivity contribution is 5.79. The molecular formula is C17H29NO2. The first-order valence-electron chi connectivity index (χ1n) is 8.67. The first kappa shape index (κ1) is 14.4. The van der Waals surface area contributed by atoms with E-state index in [2.05, 4.69) is 4.90 Å². The quantitative estimate of drug-likeness (QED) is 0.844. The number of hydrogen-bond acceptors (Lipinski definition) is 2. The maximum Gasteiger partial charge on any atom is 0.225 e. The molecule has 0 aromatic carbocycles. The molecule has 20 heavy (non-hydrogen) atoms. The number of aliphatic hydroxyl groups excluding tert-OH is 1. The zero-order valence-corrected chi connectivity index (χ0v) is 12.6. The Morgan fingerprint density at radius 3 is 2.35 bits per heavy atom. The zero-order chi connectivity index (χ0) is 13.9. The second-order valence-electron chi connectivity index (χ2n) is 7.27. The number of amides is 1. The second-order valence-corrected chi connectivity index (χ2v) is 7.27. The van der Waals surface area contributed by atoms with E-state index in [9.17, 15) is 9.90 Å². The van der Waals surface area contributed by atoms with Crippen molar-refractivity contribution < 1.29 is 9.90 Å². The molecule has 114 valence electrons. The van der Waals surface area contributed by atoms with Crippen LogP contribution in [0.4, 0.5) is 0 Å². The molecule has 3 heteroatoms. The van der Waals surface area contributed by atoms with Gasteiger partial charge in [-0.25, -0.2) is 0 Å². The van der Waals surface area contributed by atoms with Crippen molar-refractivity contribution in [2.45, 2.75) is 57.8 Å². The molecule has 1 N–H and O–H groups in total. The molecule has 3 atom stereocenters. The van der Waals surface area contributed by atoms with Crippen molar-refractivity contribution in [3.05, 3.63) is 0 Å². The molecule has 3 rings (SSSR count). The van der Waals surface area contributed by atoms with Gasteiger partial charge in [-0.15, -0.1) is 0 Å². The normalized spacial score (nSPS) is 35.6. The zero-order valence-electron chi connectivity index (χ0n) is 12.6. The van der Waals surface area contributed by atoms with Crippen molar-refractivity contribution in [2.75, 3.05) is 19.7 Å². The molecule has 0 bridgehead atoms. The van der Waals surface area contributed by atoms with Crippen molar-refractivity contribution in [1.82, 2.24) is 4.90 Å². The van der Waals surface area contributed by atoms with E-state index in [1.807, 2.05) is 0 Å². The lowest BCUT2D eigenvalue weighted by Gasteiger charge is -2.41. The fourth-order valence-electron chi connectivity index (χ4n) is 4.69. The average Bonchev–Trinajstić information content (AvgIpc) is 2.54. The summed E-state index contributed by atoms with van der Waals surface area (Å²) in [5, 5.41) is 9.19. The first-order valence-corrected chi connectivity index (χ1v) is 8.67. The SMILES string of the molecule is O=C(C1CCC2CCCCC2C1)N1CCC(CO)CC1. The molecule has 0 radical (unpaired) electrons. The van der Waals surface area contributed by atoms with Gasteiger partial charge in [-0.05, 0) is 49.9 Å². The summed E-state index contributed by atoms with van der Waals surface area (Å²) in [5.74, 6) is 2.91. The summed E-state index contributed by atoms with van der Waals surface area (Å²) in [4.78, 5) is 14.8. The first-order chi connectivity index (χ1) is 9.78. The van der Waals surface area contributed by atoms with Crippen LogP contribution in [0.5, 0.6) is 0 Å². The van der Waals surface area contributed by atoms with E-state index in [1.54, 1.807) is 0 Å². The van der Waals surface area contributed by atoms with E-state index < -0.39 is 0 Å². The lowest BCUT2D eigenvalue weighted by Crippen LogP contribution is -2.44. The smallest absolute Gasteiger partial charge is 0.225 e. The van der Waals surface area contributed by atoms with Gasteiger partial charge in [-0.3, -0.25) is 4.79 Å². The number of nitrogens with zero attached hydrogens (tertiary/aromatic N) is 1. The number of aliphatic hydroxyl groups is 1. The summed E-state index contributed by atoms with van der Waals surface area (Å²) < 4.78 is 0. The van der Waals surface area contributed by atoms with Gasteiger partial charge in [0.25, 0.3) is 0 Å². The summed E-state index contributed by atoms with van der Waals surface area (Å²) in [6.07, 6.45) is 11.1. The Labute approximate surface area is 122 Å². The van der Waals surface area contributed by atoms with E-state index >= 15 is 0 Å². The molecular weight excluding hydrogens is 250 g/mol. The number of carbonyl (C=O) groups is 1. The molecule has 0 aromatic rings. The largest absolute Gasteiger partial charge is 0.396 e. The molecule has 1 aliphatic heterocycles. The monoisotopic (exact) mass is 279 g/mol. The highest BCUT2D eigenvalue weighted by Crippen LogP contribution is 2.43. The molecule has 2 saturated carbocycles. The van der Waals surface area contributed by atoms with Crippen LogP contribution in [-0.2, 0) is 4.79 Å². The van der Waals surface area contributed by atoms with Crippen LogP contribution in [0, 0.1) is 23.7 Å². The lowest BCUT2D eigenvalue weighted by molar-refractivity contribution is -0.139. The van der Waals surface area contributed by atoms with Crippen molar-refractivity contribution in [3.8, 4) is 0 Å². The fourth-order valence-corrected chi connectivity index (χ4v) is 4.69. The number of rotatable bonds is 2. The van der Waals surface area contributed by atoms with E-state index in [0.717, 1.165) is 50.6 Å². The predicted octanol–water partition coefficient (Wildman–Crippen LogP) is 2.82. The highest BCUT2D eigenvalue weighted by atomic mass is 16.3. The molecule has 3 unspecified atom stereocenters. The van der Waals surface area contributed by atoms with E-state index in [-0.39, 0.29) is 6.61 Å². The van der Waals surface area contributed by atoms with Crippen LogP contribution in [0.15, 0.2) is 0 Å². The number of hydrogen-bond donors (Lipinski definition) is 1. The van der Waals surface area contributed by atoms with Crippen molar-refractivity contribution in [2.24, 2.45) is 23.7 Å². The van der Waals surface area contributed by atoms with Crippen LogP contribution in [0.3, 0.4) is 0 Å². The van der Waals surface area contributed by atoms with E-state index in [1.165, 1.54) is 32.1 Å². The Bertz CT molecular complexity index is 336. The van der Waals surface area contributed by atoms with Gasteiger partial charge >= 0.3 is 0 Å². The lowest BCUT2D eigenvalue weighted by atomic mass is 9.67. The van der Waals surface area contributed by atoms with Gasteiger partial charge in [0, 0.05) is 25.6 Å². The third-order valence-electron chi connectivity index (χ3n) is 6.07. The van der Waals surface area contributed by atoms with Crippen LogP contribution in [0.1, 0.15) is 57.8 Å². The van der Waals surface area contributed by atoms with Crippen LogP contribution < -0.4 is 0 Å². The standard InChI is InChI=1S/C17H29NO2/c19-12-13-7-9-18(10-8-13)17(20)16-6-5-14-3-1-2-4-15(14)11-16/h13-16,19H,1-12H2. The molecule has 3 aliphatic rings. The fraction of sp³-hybridized carbons (Fsp3) is 0.941. The van der Waals surface area contributed by atoms with E-state index in [0.29, 0.717) is 17.7 Å². The third kappa shape index (κ3) is 3.03. The number of carbonyl (C=O) groups excluding carboxylic acids is 1. The maximum absolute atomic E-state index is 12.7. The summed E-state index contributed by atoms with van der Waals surface area (Å²) in [6.45, 7) is 2.03. The Morgan fingerprint density at radius 2 is 1.65 bits per heavy atom. The summed E-state index contributed by atoms with van der Waals surface area (Å²) in [6, 6.07) is 0. The van der Waals surface area contributed by atoms with Crippen LogP contribution in [0.25, 0.3) is 0 Å². The number of likely N-dealkylation sites (tertiary alicyclic amines) is 1. The molecule has 1 heterocycles. The van der Waals surface area contributed by atoms with Gasteiger partial charge in [-0.2, -0.15) is 0 Å². The topological polar surface area (TPSA) is 40.5 Å². The molecule has 3 nitrogen and oxygen atoms in total. The third-order valence-corrected chi connectivity index (χ3v) is 6.07. The predicted molar refractivity (Wildman–Crippen MR) is 79.2 cm³/mol. The van der Waals surface area contributed by atoms with Gasteiger partial charge in [-0.1, -0.05) is 25.7 Å². The summed E-state index contributed by atoms with van der Waals surface area (Å²) in [7, 11) is 0. The van der Waals surface area contributed by atoms with Crippen molar-refractivity contribution >= 4 is 5.91 Å². The summed E-state index contributed by atoms with van der Waals surface area (Å²) >= 11 is 0. The van der Waals surface area contributed by atoms with Crippen molar-refractivity contribution in [1.29, 1.82) is 0 Å². The van der Waals surface area contributed by atoms with Crippen LogP contribution in [-0.4, -0.2) is 35.6 Å². The minimum absolute atomic E-state index is 0.287. The minimum atomic E-state index is 0.287. The molecule has 0 aromatic heterocycles. The van der Waals surface area contributed by atoms with Crippen LogP contribution in [0.2, 0.25) is 0 Å². The maximum atomic E-state index is 12.7. The van der Waals surface area contributed by atoms with Gasteiger partial charge in [0.05, 0.1) is 0 Å². The van der Waals surface area contributed by atoms with E-state index in [4.69, 9.17) is 0 Å². The number of fused-ring (bicyclic) bond motifs is 1. The Balaban J connectivity index is 1.52. The minimum Gasteiger partial charge on any atom is -0.396 e. The Kier molecular flexibility index (Phi) is 4.65. The average molecular weight is 279 g/mol. The highest BCUT2D eigenvalue weighted by Gasteiger charge is 2.37.